The fourth-order valence-electron chi connectivity index (χ4n) is 2.41. The summed E-state index contributed by atoms with van der Waals surface area (Å²) in [5.41, 5.74) is 1.90. The summed E-state index contributed by atoms with van der Waals surface area (Å²) >= 11 is 4.45. The smallest absolute Gasteiger partial charge is 0.254 e. The molecular weight excluding hydrogens is 388 g/mol. The predicted octanol–water partition coefficient (Wildman–Crippen LogP) is 3.86. The zero-order valence-electron chi connectivity index (χ0n) is 14.6. The summed E-state index contributed by atoms with van der Waals surface area (Å²) in [4.78, 5) is 38.1. The average molecular weight is 407 g/mol. The summed E-state index contributed by atoms with van der Waals surface area (Å²) in [5, 5.41) is 5.89. The van der Waals surface area contributed by atoms with Crippen LogP contribution in [0.25, 0.3) is 10.6 Å². The molecule has 3 aromatic heterocycles. The van der Waals surface area contributed by atoms with Gasteiger partial charge in [-0.15, -0.1) is 22.7 Å². The fraction of sp³-hybridized carbons (Fsp3) is 0.294. The predicted molar refractivity (Wildman–Crippen MR) is 108 cm³/mol. The molecule has 0 radical (unpaired) electrons. The molecule has 3 heterocycles. The maximum Gasteiger partial charge on any atom is 0.254 e. The van der Waals surface area contributed by atoms with Crippen molar-refractivity contribution < 1.29 is 4.79 Å². The molecule has 0 aliphatic heterocycles. The van der Waals surface area contributed by atoms with Crippen LogP contribution in [0.15, 0.2) is 27.5 Å². The van der Waals surface area contributed by atoms with E-state index in [-0.39, 0.29) is 17.9 Å². The number of rotatable bonds is 6. The Kier molecular flexibility index (Phi) is 5.90. The molecule has 3 aromatic rings. The van der Waals surface area contributed by atoms with Crippen molar-refractivity contribution in [1.82, 2.24) is 15.0 Å². The molecule has 9 heteroatoms. The Bertz CT molecular complexity index is 990. The van der Waals surface area contributed by atoms with Crippen molar-refractivity contribution >= 4 is 45.5 Å². The number of hydrogen-bond donors (Lipinski definition) is 2. The third-order valence-electron chi connectivity index (χ3n) is 3.74. The number of aryl methyl sites for hydroxylation is 2. The monoisotopic (exact) mass is 406 g/mol. The summed E-state index contributed by atoms with van der Waals surface area (Å²) in [5.74, 6) is -0.166. The lowest BCUT2D eigenvalue weighted by Gasteiger charge is -2.06. The van der Waals surface area contributed by atoms with Gasteiger partial charge in [-0.1, -0.05) is 11.8 Å². The molecule has 26 heavy (non-hydrogen) atoms. The van der Waals surface area contributed by atoms with Gasteiger partial charge in [-0.2, -0.15) is 0 Å². The first-order chi connectivity index (χ1) is 12.5. The molecule has 2 N–H and O–H groups in total. The molecule has 0 saturated carbocycles. The summed E-state index contributed by atoms with van der Waals surface area (Å²) in [7, 11) is 0. The second-order valence-corrected chi connectivity index (χ2v) is 8.58. The SMILES string of the molecule is CSc1nc(C)c(CCC(=O)Nc2nc(-c3ccc(C)s3)cs2)c(=O)[nH]1. The maximum atomic E-state index is 12.2. The first kappa shape index (κ1) is 18.8. The molecule has 0 aliphatic carbocycles. The molecule has 0 fully saturated rings. The largest absolute Gasteiger partial charge is 0.302 e. The topological polar surface area (TPSA) is 87.7 Å². The average Bonchev–Trinajstić information content (AvgIpc) is 3.22. The van der Waals surface area contributed by atoms with E-state index in [2.05, 4.69) is 20.3 Å². The van der Waals surface area contributed by atoms with Crippen molar-refractivity contribution in [2.24, 2.45) is 0 Å². The van der Waals surface area contributed by atoms with Crippen LogP contribution in [0.5, 0.6) is 0 Å². The number of nitrogens with zero attached hydrogens (tertiary/aromatic N) is 2. The number of aromatic amines is 1. The zero-order chi connectivity index (χ0) is 18.7. The Balaban J connectivity index is 1.62. The van der Waals surface area contributed by atoms with Gasteiger partial charge in [0.1, 0.15) is 0 Å². The standard InChI is InChI=1S/C17H18N4O2S3/c1-9-4-6-13(26-9)12-8-25-17(19-12)20-14(22)7-5-11-10(2)18-16(24-3)21-15(11)23/h4,6,8H,5,7H2,1-3H3,(H,18,21,23)(H,19,20,22). The van der Waals surface area contributed by atoms with Crippen molar-refractivity contribution in [3.8, 4) is 10.6 Å². The fourth-order valence-corrected chi connectivity index (χ4v) is 4.47. The molecule has 0 aliphatic rings. The van der Waals surface area contributed by atoms with E-state index in [0.717, 1.165) is 10.6 Å². The molecule has 0 aromatic carbocycles. The quantitative estimate of drug-likeness (QED) is 0.479. The minimum absolute atomic E-state index is 0.166. The molecule has 0 spiro atoms. The third-order valence-corrected chi connectivity index (χ3v) is 6.10. The number of aromatic nitrogens is 3. The zero-order valence-corrected chi connectivity index (χ0v) is 17.0. The van der Waals surface area contributed by atoms with Crippen LogP contribution in [0.1, 0.15) is 22.6 Å². The Morgan fingerprint density at radius 3 is 2.77 bits per heavy atom. The van der Waals surface area contributed by atoms with Gasteiger partial charge in [0.25, 0.3) is 5.56 Å². The van der Waals surface area contributed by atoms with Crippen molar-refractivity contribution in [2.45, 2.75) is 31.8 Å². The number of thiophene rings is 1. The highest BCUT2D eigenvalue weighted by molar-refractivity contribution is 7.98. The molecule has 6 nitrogen and oxygen atoms in total. The van der Waals surface area contributed by atoms with Crippen LogP contribution in [-0.2, 0) is 11.2 Å². The van der Waals surface area contributed by atoms with Gasteiger partial charge in [-0.25, -0.2) is 9.97 Å². The first-order valence-electron chi connectivity index (χ1n) is 7.92. The molecule has 1 amide bonds. The highest BCUT2D eigenvalue weighted by Gasteiger charge is 2.13. The van der Waals surface area contributed by atoms with Crippen LogP contribution in [0, 0.1) is 13.8 Å². The second-order valence-electron chi connectivity index (χ2n) is 5.64. The van der Waals surface area contributed by atoms with E-state index in [0.29, 0.717) is 28.0 Å². The van der Waals surface area contributed by atoms with E-state index in [4.69, 9.17) is 0 Å². The van der Waals surface area contributed by atoms with Crippen molar-refractivity contribution in [1.29, 1.82) is 0 Å². The lowest BCUT2D eigenvalue weighted by atomic mass is 10.1. The summed E-state index contributed by atoms with van der Waals surface area (Å²) < 4.78 is 0. The van der Waals surface area contributed by atoms with Gasteiger partial charge in [0.05, 0.1) is 10.6 Å². The number of H-pyrrole nitrogens is 1. The molecule has 3 rings (SSSR count). The van der Waals surface area contributed by atoms with Gasteiger partial charge in [0.2, 0.25) is 5.91 Å². The third kappa shape index (κ3) is 4.40. The van der Waals surface area contributed by atoms with Crippen molar-refractivity contribution in [3.05, 3.63) is 44.0 Å². The normalized spacial score (nSPS) is 10.9. The summed E-state index contributed by atoms with van der Waals surface area (Å²) in [6, 6.07) is 4.08. The lowest BCUT2D eigenvalue weighted by Crippen LogP contribution is -2.20. The maximum absolute atomic E-state index is 12.2. The highest BCUT2D eigenvalue weighted by Crippen LogP contribution is 2.30. The van der Waals surface area contributed by atoms with Gasteiger partial charge in [0, 0.05) is 27.9 Å². The number of carbonyl (C=O) groups excluding carboxylic acids is 1. The second kappa shape index (κ2) is 8.15. The minimum Gasteiger partial charge on any atom is -0.302 e. The molecule has 0 atom stereocenters. The summed E-state index contributed by atoms with van der Waals surface area (Å²) in [6.45, 7) is 3.84. The number of anilines is 1. The Hall–Kier alpha value is -1.97. The molecule has 0 bridgehead atoms. The number of hydrogen-bond acceptors (Lipinski definition) is 7. The van der Waals surface area contributed by atoms with Gasteiger partial charge in [-0.3, -0.25) is 9.59 Å². The van der Waals surface area contributed by atoms with Crippen LogP contribution in [-0.4, -0.2) is 27.1 Å². The number of nitrogens with one attached hydrogen (secondary N) is 2. The lowest BCUT2D eigenvalue weighted by molar-refractivity contribution is -0.116. The van der Waals surface area contributed by atoms with E-state index in [1.807, 2.05) is 30.7 Å². The summed E-state index contributed by atoms with van der Waals surface area (Å²) in [6.07, 6.45) is 2.40. The van der Waals surface area contributed by atoms with E-state index in [1.165, 1.54) is 28.0 Å². The number of amides is 1. The van der Waals surface area contributed by atoms with Crippen LogP contribution in [0.3, 0.4) is 0 Å². The number of thioether (sulfide) groups is 1. The number of carbonyl (C=O) groups is 1. The molecular formula is C17H18N4O2S3. The first-order valence-corrected chi connectivity index (χ1v) is 10.8. The van der Waals surface area contributed by atoms with E-state index < -0.39 is 0 Å². The Morgan fingerprint density at radius 1 is 1.31 bits per heavy atom. The van der Waals surface area contributed by atoms with Crippen LogP contribution in [0.2, 0.25) is 0 Å². The molecule has 0 unspecified atom stereocenters. The molecule has 0 saturated heterocycles. The Morgan fingerprint density at radius 2 is 2.12 bits per heavy atom. The van der Waals surface area contributed by atoms with E-state index in [1.54, 1.807) is 18.3 Å². The number of thiazole rings is 1. The van der Waals surface area contributed by atoms with Crippen LogP contribution < -0.4 is 10.9 Å². The Labute approximate surface area is 163 Å². The van der Waals surface area contributed by atoms with Gasteiger partial charge >= 0.3 is 0 Å². The van der Waals surface area contributed by atoms with Crippen molar-refractivity contribution in [3.63, 3.8) is 0 Å². The van der Waals surface area contributed by atoms with Crippen molar-refractivity contribution in [2.75, 3.05) is 11.6 Å². The minimum atomic E-state index is -0.181. The van der Waals surface area contributed by atoms with E-state index >= 15 is 0 Å². The van der Waals surface area contributed by atoms with E-state index in [9.17, 15) is 9.59 Å². The van der Waals surface area contributed by atoms with Gasteiger partial charge < -0.3 is 10.3 Å². The van der Waals surface area contributed by atoms with Gasteiger partial charge in [-0.05, 0) is 38.7 Å². The van der Waals surface area contributed by atoms with Crippen LogP contribution >= 0.6 is 34.4 Å². The molecule has 136 valence electrons. The highest BCUT2D eigenvalue weighted by atomic mass is 32.2. The van der Waals surface area contributed by atoms with Crippen LogP contribution in [0.4, 0.5) is 5.13 Å². The van der Waals surface area contributed by atoms with Gasteiger partial charge in [0.15, 0.2) is 10.3 Å².